The molecule has 4 nitrogen and oxygen atoms in total. The van der Waals surface area contributed by atoms with E-state index in [2.05, 4.69) is 27.3 Å². The Labute approximate surface area is 136 Å². The largest absolute Gasteiger partial charge is 0.389 e. The zero-order chi connectivity index (χ0) is 14.8. The van der Waals surface area contributed by atoms with E-state index in [9.17, 15) is 8.42 Å². The van der Waals surface area contributed by atoms with E-state index in [0.717, 1.165) is 3.57 Å². The number of sulfonamides is 1. The van der Waals surface area contributed by atoms with Gasteiger partial charge in [0, 0.05) is 14.8 Å². The molecule has 2 aromatic rings. The average molecular weight is 418 g/mol. The molecule has 0 heterocycles. The molecule has 0 saturated heterocycles. The second kappa shape index (κ2) is 6.06. The normalized spacial score (nSPS) is 11.1. The van der Waals surface area contributed by atoms with Crippen molar-refractivity contribution in [2.75, 3.05) is 4.72 Å². The van der Waals surface area contributed by atoms with Crippen LogP contribution in [0.4, 0.5) is 5.69 Å². The minimum atomic E-state index is -3.72. The lowest BCUT2D eigenvalue weighted by Crippen LogP contribution is -2.19. The van der Waals surface area contributed by atoms with Crippen LogP contribution in [0.25, 0.3) is 0 Å². The lowest BCUT2D eigenvalue weighted by molar-refractivity contribution is 0.601. The number of nitrogens with two attached hydrogens (primary N) is 1. The minimum Gasteiger partial charge on any atom is -0.389 e. The Bertz CT molecular complexity index is 743. The fourth-order valence-electron chi connectivity index (χ4n) is 1.63. The van der Waals surface area contributed by atoms with E-state index in [1.165, 1.54) is 6.07 Å². The first-order valence-electron chi connectivity index (χ1n) is 5.57. The van der Waals surface area contributed by atoms with Crippen LogP contribution in [-0.2, 0) is 10.0 Å². The third kappa shape index (κ3) is 3.47. The molecule has 0 aliphatic carbocycles. The van der Waals surface area contributed by atoms with E-state index in [-0.39, 0.29) is 9.88 Å². The van der Waals surface area contributed by atoms with Gasteiger partial charge in [-0.05, 0) is 52.9 Å². The molecule has 0 amide bonds. The standard InChI is InChI=1S/C13H11IN2O2S2/c14-9-5-7-10(8-6-9)16-20(17,18)12-4-2-1-3-11(12)13(15)19/h1-8,16H,(H2,15,19). The Kier molecular flexibility index (Phi) is 4.61. The Hall–Kier alpha value is -1.19. The predicted molar refractivity (Wildman–Crippen MR) is 92.3 cm³/mol. The molecule has 0 radical (unpaired) electrons. The first-order chi connectivity index (χ1) is 9.40. The molecule has 0 aliphatic rings. The molecule has 0 atom stereocenters. The molecular formula is C13H11IN2O2S2. The summed E-state index contributed by atoms with van der Waals surface area (Å²) >= 11 is 7.03. The van der Waals surface area contributed by atoms with Gasteiger partial charge >= 0.3 is 0 Å². The van der Waals surface area contributed by atoms with Crippen LogP contribution in [0.1, 0.15) is 5.56 Å². The van der Waals surface area contributed by atoms with Gasteiger partial charge in [-0.3, -0.25) is 4.72 Å². The summed E-state index contributed by atoms with van der Waals surface area (Å²) < 4.78 is 28.3. The van der Waals surface area contributed by atoms with Gasteiger partial charge in [0.15, 0.2) is 0 Å². The van der Waals surface area contributed by atoms with Gasteiger partial charge in [-0.25, -0.2) is 8.42 Å². The van der Waals surface area contributed by atoms with Gasteiger partial charge < -0.3 is 5.73 Å². The Morgan fingerprint density at radius 1 is 1.10 bits per heavy atom. The molecule has 0 spiro atoms. The zero-order valence-corrected chi connectivity index (χ0v) is 14.0. The fourth-order valence-corrected chi connectivity index (χ4v) is 3.52. The van der Waals surface area contributed by atoms with Crippen molar-refractivity contribution >= 4 is 55.5 Å². The molecule has 104 valence electrons. The number of thiocarbonyl (C=S) groups is 1. The maximum atomic E-state index is 12.4. The SMILES string of the molecule is NC(=S)c1ccccc1S(=O)(=O)Nc1ccc(I)cc1. The summed E-state index contributed by atoms with van der Waals surface area (Å²) in [6.07, 6.45) is 0. The number of rotatable bonds is 4. The van der Waals surface area contributed by atoms with Crippen molar-refractivity contribution in [3.8, 4) is 0 Å². The van der Waals surface area contributed by atoms with Gasteiger partial charge in [0.25, 0.3) is 10.0 Å². The fraction of sp³-hybridized carbons (Fsp3) is 0. The zero-order valence-electron chi connectivity index (χ0n) is 10.2. The third-order valence-electron chi connectivity index (χ3n) is 2.54. The lowest BCUT2D eigenvalue weighted by Gasteiger charge is -2.11. The van der Waals surface area contributed by atoms with Crippen molar-refractivity contribution in [1.29, 1.82) is 0 Å². The van der Waals surface area contributed by atoms with Gasteiger partial charge in [0.05, 0.1) is 4.90 Å². The smallest absolute Gasteiger partial charge is 0.262 e. The molecule has 0 bridgehead atoms. The molecule has 0 aromatic heterocycles. The van der Waals surface area contributed by atoms with Crippen molar-refractivity contribution in [1.82, 2.24) is 0 Å². The molecule has 7 heteroatoms. The summed E-state index contributed by atoms with van der Waals surface area (Å²) in [5.41, 5.74) is 6.39. The monoisotopic (exact) mass is 418 g/mol. The van der Waals surface area contributed by atoms with Crippen molar-refractivity contribution in [3.63, 3.8) is 0 Å². The van der Waals surface area contributed by atoms with Crippen LogP contribution in [0.15, 0.2) is 53.4 Å². The average Bonchev–Trinajstić information content (AvgIpc) is 2.41. The second-order valence-corrected chi connectivity index (χ2v) is 7.31. The topological polar surface area (TPSA) is 72.2 Å². The van der Waals surface area contributed by atoms with E-state index in [4.69, 9.17) is 18.0 Å². The molecule has 0 unspecified atom stereocenters. The summed E-state index contributed by atoms with van der Waals surface area (Å²) in [6, 6.07) is 13.4. The Balaban J connectivity index is 2.41. The summed E-state index contributed by atoms with van der Waals surface area (Å²) in [5.74, 6) is 0. The van der Waals surface area contributed by atoms with Crippen LogP contribution in [0.5, 0.6) is 0 Å². The number of hydrogen-bond donors (Lipinski definition) is 2. The number of halogens is 1. The van der Waals surface area contributed by atoms with Gasteiger partial charge in [0.1, 0.15) is 4.99 Å². The number of benzene rings is 2. The highest BCUT2D eigenvalue weighted by molar-refractivity contribution is 14.1. The van der Waals surface area contributed by atoms with Crippen LogP contribution in [0.3, 0.4) is 0 Å². The number of anilines is 1. The van der Waals surface area contributed by atoms with Crippen molar-refractivity contribution in [2.45, 2.75) is 4.90 Å². The summed E-state index contributed by atoms with van der Waals surface area (Å²) in [4.78, 5) is 0.125. The molecule has 3 N–H and O–H groups in total. The van der Waals surface area contributed by atoms with Crippen LogP contribution in [-0.4, -0.2) is 13.4 Å². The van der Waals surface area contributed by atoms with Gasteiger partial charge in [0.2, 0.25) is 0 Å². The quantitative estimate of drug-likeness (QED) is 0.592. The first-order valence-corrected chi connectivity index (χ1v) is 8.54. The number of nitrogens with one attached hydrogen (secondary N) is 1. The van der Waals surface area contributed by atoms with Gasteiger partial charge in [-0.15, -0.1) is 0 Å². The van der Waals surface area contributed by atoms with E-state index in [0.29, 0.717) is 11.3 Å². The van der Waals surface area contributed by atoms with Gasteiger partial charge in [-0.2, -0.15) is 0 Å². The van der Waals surface area contributed by atoms with Crippen LogP contribution < -0.4 is 10.5 Å². The van der Waals surface area contributed by atoms with E-state index in [1.54, 1.807) is 30.3 Å². The van der Waals surface area contributed by atoms with Crippen LogP contribution in [0.2, 0.25) is 0 Å². The Morgan fingerprint density at radius 2 is 1.70 bits per heavy atom. The molecule has 2 rings (SSSR count). The predicted octanol–water partition coefficient (Wildman–Crippen LogP) is 2.73. The van der Waals surface area contributed by atoms with Crippen LogP contribution >= 0.6 is 34.8 Å². The Morgan fingerprint density at radius 3 is 2.30 bits per heavy atom. The summed E-state index contributed by atoms with van der Waals surface area (Å²) in [6.45, 7) is 0. The van der Waals surface area contributed by atoms with Gasteiger partial charge in [-0.1, -0.05) is 30.4 Å². The third-order valence-corrected chi connectivity index (χ3v) is 4.92. The highest BCUT2D eigenvalue weighted by Crippen LogP contribution is 2.20. The maximum Gasteiger partial charge on any atom is 0.262 e. The summed E-state index contributed by atoms with van der Waals surface area (Å²) in [7, 11) is -3.72. The summed E-state index contributed by atoms with van der Waals surface area (Å²) in [5, 5.41) is 0. The molecule has 0 fully saturated rings. The molecule has 0 saturated carbocycles. The molecule has 2 aromatic carbocycles. The maximum absolute atomic E-state index is 12.4. The molecule has 0 aliphatic heterocycles. The van der Waals surface area contributed by atoms with Crippen LogP contribution in [0, 0.1) is 3.57 Å². The highest BCUT2D eigenvalue weighted by atomic mass is 127. The minimum absolute atomic E-state index is 0.0496. The molecular weight excluding hydrogens is 407 g/mol. The van der Waals surface area contributed by atoms with Crippen molar-refractivity contribution in [2.24, 2.45) is 5.73 Å². The van der Waals surface area contributed by atoms with E-state index in [1.807, 2.05) is 12.1 Å². The highest BCUT2D eigenvalue weighted by Gasteiger charge is 2.19. The lowest BCUT2D eigenvalue weighted by atomic mass is 10.2. The number of hydrogen-bond acceptors (Lipinski definition) is 3. The molecule has 20 heavy (non-hydrogen) atoms. The van der Waals surface area contributed by atoms with E-state index >= 15 is 0 Å². The van der Waals surface area contributed by atoms with Crippen molar-refractivity contribution in [3.05, 3.63) is 57.7 Å². The van der Waals surface area contributed by atoms with E-state index < -0.39 is 10.0 Å². The second-order valence-electron chi connectivity index (χ2n) is 3.97. The first kappa shape index (κ1) is 15.2. The van der Waals surface area contributed by atoms with Crippen molar-refractivity contribution < 1.29 is 8.42 Å².